The van der Waals surface area contributed by atoms with Crippen LogP contribution in [-0.2, 0) is 14.8 Å². The summed E-state index contributed by atoms with van der Waals surface area (Å²) in [7, 11) is -3.25. The number of hydrogen-bond acceptors (Lipinski definition) is 4. The zero-order chi connectivity index (χ0) is 15.7. The number of rotatable bonds is 2. The zero-order valence-electron chi connectivity index (χ0n) is 12.6. The average Bonchev–Trinajstić information content (AvgIpc) is 2.53. The molecule has 2 heterocycles. The van der Waals surface area contributed by atoms with E-state index in [1.54, 1.807) is 4.90 Å². The third-order valence-corrected chi connectivity index (χ3v) is 5.47. The minimum absolute atomic E-state index is 0.0101. The van der Waals surface area contributed by atoms with Crippen LogP contribution in [-0.4, -0.2) is 51.1 Å². The van der Waals surface area contributed by atoms with Crippen LogP contribution in [0.4, 0.5) is 5.69 Å². The average molecular weight is 324 g/mol. The van der Waals surface area contributed by atoms with Crippen LogP contribution in [0.3, 0.4) is 0 Å². The third kappa shape index (κ3) is 2.96. The van der Waals surface area contributed by atoms with E-state index >= 15 is 0 Å². The van der Waals surface area contributed by atoms with Crippen molar-refractivity contribution in [2.75, 3.05) is 37.4 Å². The van der Waals surface area contributed by atoms with E-state index in [1.807, 2.05) is 24.3 Å². The van der Waals surface area contributed by atoms with Crippen LogP contribution in [0.15, 0.2) is 24.3 Å². The van der Waals surface area contributed by atoms with Crippen LogP contribution < -0.4 is 9.64 Å². The van der Waals surface area contributed by atoms with Gasteiger partial charge in [0.05, 0.1) is 24.4 Å². The van der Waals surface area contributed by atoms with Crippen LogP contribution in [0.25, 0.3) is 0 Å². The summed E-state index contributed by atoms with van der Waals surface area (Å²) in [6.07, 6.45) is 2.64. The first kappa shape index (κ1) is 15.3. The van der Waals surface area contributed by atoms with Crippen LogP contribution in [0.5, 0.6) is 5.75 Å². The van der Waals surface area contributed by atoms with Gasteiger partial charge in [-0.15, -0.1) is 0 Å². The highest BCUT2D eigenvalue weighted by molar-refractivity contribution is 7.88. The standard InChI is InChI=1S/C15H20N2O4S/c1-22(19,20)16-8-4-5-12(11-16)15(18)17-9-10-21-14-7-3-2-6-13(14)17/h2-3,6-7,12H,4-5,8-11H2,1H3/t12-/m1/s1. The summed E-state index contributed by atoms with van der Waals surface area (Å²) in [6, 6.07) is 7.46. The summed E-state index contributed by atoms with van der Waals surface area (Å²) in [5.74, 6) is 0.414. The summed E-state index contributed by atoms with van der Waals surface area (Å²) in [4.78, 5) is 14.6. The molecule has 1 amide bonds. The van der Waals surface area contributed by atoms with Gasteiger partial charge < -0.3 is 9.64 Å². The summed E-state index contributed by atoms with van der Waals surface area (Å²) < 4.78 is 30.4. The molecule has 0 radical (unpaired) electrons. The van der Waals surface area contributed by atoms with Gasteiger partial charge in [0, 0.05) is 13.1 Å². The van der Waals surface area contributed by atoms with Gasteiger partial charge in [-0.3, -0.25) is 4.79 Å². The quantitative estimate of drug-likeness (QED) is 0.816. The maximum Gasteiger partial charge on any atom is 0.231 e. The fourth-order valence-corrected chi connectivity index (χ4v) is 3.98. The monoisotopic (exact) mass is 324 g/mol. The summed E-state index contributed by atoms with van der Waals surface area (Å²) >= 11 is 0. The second kappa shape index (κ2) is 5.89. The van der Waals surface area contributed by atoms with Gasteiger partial charge in [-0.2, -0.15) is 0 Å². The number of amides is 1. The summed E-state index contributed by atoms with van der Waals surface area (Å²) in [5, 5.41) is 0. The zero-order valence-corrected chi connectivity index (χ0v) is 13.4. The van der Waals surface area contributed by atoms with E-state index in [0.29, 0.717) is 25.4 Å². The first-order valence-electron chi connectivity index (χ1n) is 7.45. The van der Waals surface area contributed by atoms with Gasteiger partial charge in [0.2, 0.25) is 15.9 Å². The molecule has 0 N–H and O–H groups in total. The molecule has 120 valence electrons. The Morgan fingerprint density at radius 1 is 1.27 bits per heavy atom. The maximum absolute atomic E-state index is 12.8. The van der Waals surface area contributed by atoms with Crippen molar-refractivity contribution in [2.24, 2.45) is 5.92 Å². The lowest BCUT2D eigenvalue weighted by Crippen LogP contribution is -2.48. The van der Waals surface area contributed by atoms with E-state index in [4.69, 9.17) is 4.74 Å². The van der Waals surface area contributed by atoms with E-state index in [0.717, 1.165) is 18.5 Å². The SMILES string of the molecule is CS(=O)(=O)N1CCC[C@@H](C(=O)N2CCOc3ccccc32)C1. The number of nitrogens with zero attached hydrogens (tertiary/aromatic N) is 2. The first-order chi connectivity index (χ1) is 10.5. The van der Waals surface area contributed by atoms with Gasteiger partial charge in [-0.25, -0.2) is 12.7 Å². The molecule has 0 aliphatic carbocycles. The van der Waals surface area contributed by atoms with E-state index in [2.05, 4.69) is 0 Å². The Labute approximate surface area is 130 Å². The molecule has 1 atom stereocenters. The van der Waals surface area contributed by atoms with Crippen molar-refractivity contribution in [3.8, 4) is 5.75 Å². The molecule has 2 aliphatic heterocycles. The number of hydrogen-bond donors (Lipinski definition) is 0. The number of para-hydroxylation sites is 2. The minimum Gasteiger partial charge on any atom is -0.490 e. The molecule has 0 spiro atoms. The van der Waals surface area contributed by atoms with Gasteiger partial charge in [-0.1, -0.05) is 12.1 Å². The van der Waals surface area contributed by atoms with Gasteiger partial charge in [0.15, 0.2) is 0 Å². The van der Waals surface area contributed by atoms with Crippen molar-refractivity contribution < 1.29 is 17.9 Å². The Balaban J connectivity index is 1.80. The predicted octanol–water partition coefficient (Wildman–Crippen LogP) is 1.08. The smallest absolute Gasteiger partial charge is 0.231 e. The Kier molecular flexibility index (Phi) is 4.10. The topological polar surface area (TPSA) is 66.9 Å². The fraction of sp³-hybridized carbons (Fsp3) is 0.533. The van der Waals surface area contributed by atoms with E-state index in [1.165, 1.54) is 10.6 Å². The highest BCUT2D eigenvalue weighted by atomic mass is 32.2. The highest BCUT2D eigenvalue weighted by Gasteiger charge is 2.34. The number of piperidine rings is 1. The lowest BCUT2D eigenvalue weighted by Gasteiger charge is -2.35. The molecule has 3 rings (SSSR count). The van der Waals surface area contributed by atoms with Gasteiger partial charge in [-0.05, 0) is 25.0 Å². The molecule has 1 saturated heterocycles. The molecule has 1 aromatic carbocycles. The molecule has 0 saturated carbocycles. The molecule has 0 unspecified atom stereocenters. The van der Waals surface area contributed by atoms with Crippen molar-refractivity contribution >= 4 is 21.6 Å². The number of fused-ring (bicyclic) bond motifs is 1. The molecule has 1 aromatic rings. The maximum atomic E-state index is 12.8. The Morgan fingerprint density at radius 3 is 2.82 bits per heavy atom. The molecule has 6 nitrogen and oxygen atoms in total. The van der Waals surface area contributed by atoms with Crippen LogP contribution in [0.2, 0.25) is 0 Å². The van der Waals surface area contributed by atoms with Crippen LogP contribution >= 0.6 is 0 Å². The van der Waals surface area contributed by atoms with Crippen LogP contribution in [0, 0.1) is 5.92 Å². The number of carbonyl (C=O) groups excluding carboxylic acids is 1. The van der Waals surface area contributed by atoms with E-state index in [-0.39, 0.29) is 18.4 Å². The second-order valence-corrected chi connectivity index (χ2v) is 7.75. The Morgan fingerprint density at radius 2 is 2.05 bits per heavy atom. The molecular weight excluding hydrogens is 304 g/mol. The first-order valence-corrected chi connectivity index (χ1v) is 9.30. The summed E-state index contributed by atoms with van der Waals surface area (Å²) in [6.45, 7) is 1.75. The van der Waals surface area contributed by atoms with Gasteiger partial charge in [0.1, 0.15) is 12.4 Å². The van der Waals surface area contributed by atoms with Crippen molar-refractivity contribution in [2.45, 2.75) is 12.8 Å². The molecular formula is C15H20N2O4S. The molecule has 0 aromatic heterocycles. The summed E-state index contributed by atoms with van der Waals surface area (Å²) in [5.41, 5.74) is 0.773. The number of ether oxygens (including phenoxy) is 1. The Bertz CT molecular complexity index is 674. The molecule has 7 heteroatoms. The number of benzene rings is 1. The number of carbonyl (C=O) groups is 1. The lowest BCUT2D eigenvalue weighted by atomic mass is 9.97. The minimum atomic E-state index is -3.25. The van der Waals surface area contributed by atoms with Crippen molar-refractivity contribution in [1.82, 2.24) is 4.31 Å². The number of sulfonamides is 1. The largest absolute Gasteiger partial charge is 0.490 e. The normalized spacial score (nSPS) is 22.8. The van der Waals surface area contributed by atoms with Crippen molar-refractivity contribution in [1.29, 1.82) is 0 Å². The fourth-order valence-electron chi connectivity index (χ4n) is 3.06. The molecule has 1 fully saturated rings. The highest BCUT2D eigenvalue weighted by Crippen LogP contribution is 2.33. The van der Waals surface area contributed by atoms with Gasteiger partial charge >= 0.3 is 0 Å². The van der Waals surface area contributed by atoms with Crippen molar-refractivity contribution in [3.63, 3.8) is 0 Å². The van der Waals surface area contributed by atoms with Gasteiger partial charge in [0.25, 0.3) is 0 Å². The number of anilines is 1. The van der Waals surface area contributed by atoms with E-state index in [9.17, 15) is 13.2 Å². The van der Waals surface area contributed by atoms with E-state index < -0.39 is 10.0 Å². The predicted molar refractivity (Wildman–Crippen MR) is 83.4 cm³/mol. The lowest BCUT2D eigenvalue weighted by molar-refractivity contribution is -0.123. The van der Waals surface area contributed by atoms with Crippen LogP contribution in [0.1, 0.15) is 12.8 Å². The molecule has 0 bridgehead atoms. The molecule has 22 heavy (non-hydrogen) atoms. The second-order valence-electron chi connectivity index (χ2n) is 5.77. The third-order valence-electron chi connectivity index (χ3n) is 4.20. The van der Waals surface area contributed by atoms with Crippen molar-refractivity contribution in [3.05, 3.63) is 24.3 Å². The molecule has 2 aliphatic rings. The Hall–Kier alpha value is -1.60.